The first-order valence-corrected chi connectivity index (χ1v) is 8.12. The molecular weight excluding hydrogens is 385 g/mol. The standard InChI is InChI=1S/C16H15ClINO/c17-15-5-2-6-16(14(15)10-19-12-7-8-12)20-13-4-1-3-11(18)9-13/h1-6,9,12,19H,7-8,10H2. The summed E-state index contributed by atoms with van der Waals surface area (Å²) in [5.41, 5.74) is 1.03. The minimum Gasteiger partial charge on any atom is -0.457 e. The summed E-state index contributed by atoms with van der Waals surface area (Å²) in [5, 5.41) is 4.24. The molecular formula is C16H15ClINO. The maximum absolute atomic E-state index is 6.31. The van der Waals surface area contributed by atoms with Crippen LogP contribution in [0.5, 0.6) is 11.5 Å². The van der Waals surface area contributed by atoms with E-state index in [0.717, 1.165) is 32.2 Å². The first kappa shape index (κ1) is 14.2. The van der Waals surface area contributed by atoms with Gasteiger partial charge < -0.3 is 10.1 Å². The van der Waals surface area contributed by atoms with E-state index < -0.39 is 0 Å². The fourth-order valence-electron chi connectivity index (χ4n) is 2.00. The van der Waals surface area contributed by atoms with Gasteiger partial charge in [-0.3, -0.25) is 0 Å². The van der Waals surface area contributed by atoms with Crippen molar-refractivity contribution >= 4 is 34.2 Å². The van der Waals surface area contributed by atoms with E-state index in [1.807, 2.05) is 42.5 Å². The number of nitrogens with one attached hydrogen (secondary N) is 1. The fourth-order valence-corrected chi connectivity index (χ4v) is 2.74. The van der Waals surface area contributed by atoms with Gasteiger partial charge in [-0.15, -0.1) is 0 Å². The summed E-state index contributed by atoms with van der Waals surface area (Å²) < 4.78 is 7.15. The molecule has 0 aliphatic heterocycles. The van der Waals surface area contributed by atoms with Crippen molar-refractivity contribution in [2.45, 2.75) is 25.4 Å². The minimum absolute atomic E-state index is 0.650. The highest BCUT2D eigenvalue weighted by Crippen LogP contribution is 2.31. The van der Waals surface area contributed by atoms with E-state index in [9.17, 15) is 0 Å². The van der Waals surface area contributed by atoms with Crippen LogP contribution in [0.4, 0.5) is 0 Å². The number of rotatable bonds is 5. The molecule has 0 unspecified atom stereocenters. The van der Waals surface area contributed by atoms with Gasteiger partial charge in [-0.25, -0.2) is 0 Å². The lowest BCUT2D eigenvalue weighted by atomic mass is 10.2. The molecule has 0 amide bonds. The molecule has 1 aliphatic rings. The van der Waals surface area contributed by atoms with Gasteiger partial charge >= 0.3 is 0 Å². The zero-order chi connectivity index (χ0) is 13.9. The zero-order valence-corrected chi connectivity index (χ0v) is 13.8. The lowest BCUT2D eigenvalue weighted by Gasteiger charge is -2.13. The number of halogens is 2. The van der Waals surface area contributed by atoms with Gasteiger partial charge in [0.25, 0.3) is 0 Å². The number of hydrogen-bond donors (Lipinski definition) is 1. The third-order valence-corrected chi connectivity index (χ3v) is 4.27. The lowest BCUT2D eigenvalue weighted by molar-refractivity contribution is 0.472. The Morgan fingerprint density at radius 3 is 2.75 bits per heavy atom. The summed E-state index contributed by atoms with van der Waals surface area (Å²) in [5.74, 6) is 1.67. The van der Waals surface area contributed by atoms with E-state index in [-0.39, 0.29) is 0 Å². The van der Waals surface area contributed by atoms with Crippen LogP contribution in [-0.2, 0) is 6.54 Å². The summed E-state index contributed by atoms with van der Waals surface area (Å²) in [6.07, 6.45) is 2.52. The second-order valence-electron chi connectivity index (χ2n) is 4.93. The molecule has 20 heavy (non-hydrogen) atoms. The smallest absolute Gasteiger partial charge is 0.133 e. The van der Waals surface area contributed by atoms with Crippen molar-refractivity contribution in [2.24, 2.45) is 0 Å². The Hall–Kier alpha value is -0.780. The first-order chi connectivity index (χ1) is 9.72. The van der Waals surface area contributed by atoms with E-state index in [2.05, 4.69) is 27.9 Å². The normalized spacial score (nSPS) is 14.3. The molecule has 2 aromatic carbocycles. The molecule has 1 saturated carbocycles. The molecule has 1 N–H and O–H groups in total. The maximum atomic E-state index is 6.31. The van der Waals surface area contributed by atoms with Gasteiger partial charge in [0.1, 0.15) is 11.5 Å². The molecule has 0 saturated heterocycles. The average molecular weight is 400 g/mol. The van der Waals surface area contributed by atoms with E-state index in [1.165, 1.54) is 12.8 Å². The molecule has 4 heteroatoms. The van der Waals surface area contributed by atoms with E-state index in [1.54, 1.807) is 0 Å². The van der Waals surface area contributed by atoms with Crippen LogP contribution in [0, 0.1) is 3.57 Å². The first-order valence-electron chi connectivity index (χ1n) is 6.66. The molecule has 0 aromatic heterocycles. The van der Waals surface area contributed by atoms with Crippen LogP contribution >= 0.6 is 34.2 Å². The Kier molecular flexibility index (Phi) is 4.48. The predicted octanol–water partition coefficient (Wildman–Crippen LogP) is 4.99. The molecule has 0 radical (unpaired) electrons. The Bertz CT molecular complexity index is 613. The summed E-state index contributed by atoms with van der Waals surface area (Å²) >= 11 is 8.59. The van der Waals surface area contributed by atoms with Crippen molar-refractivity contribution < 1.29 is 4.74 Å². The van der Waals surface area contributed by atoms with Crippen molar-refractivity contribution in [3.05, 3.63) is 56.6 Å². The third-order valence-electron chi connectivity index (χ3n) is 3.24. The highest BCUT2D eigenvalue weighted by Gasteiger charge is 2.21. The molecule has 0 spiro atoms. The van der Waals surface area contributed by atoms with Crippen molar-refractivity contribution in [3.63, 3.8) is 0 Å². The third kappa shape index (κ3) is 3.65. The SMILES string of the molecule is Clc1cccc(Oc2cccc(I)c2)c1CNC1CC1. The molecule has 0 atom stereocenters. The van der Waals surface area contributed by atoms with E-state index >= 15 is 0 Å². The summed E-state index contributed by atoms with van der Waals surface area (Å²) in [4.78, 5) is 0. The van der Waals surface area contributed by atoms with Crippen molar-refractivity contribution in [3.8, 4) is 11.5 Å². The van der Waals surface area contributed by atoms with Crippen LogP contribution in [-0.4, -0.2) is 6.04 Å². The number of benzene rings is 2. The molecule has 0 heterocycles. The molecule has 2 nitrogen and oxygen atoms in total. The highest BCUT2D eigenvalue weighted by atomic mass is 127. The van der Waals surface area contributed by atoms with E-state index in [4.69, 9.17) is 16.3 Å². The van der Waals surface area contributed by atoms with Crippen molar-refractivity contribution in [1.29, 1.82) is 0 Å². The molecule has 0 bridgehead atoms. The van der Waals surface area contributed by atoms with Crippen LogP contribution in [0.25, 0.3) is 0 Å². The zero-order valence-electron chi connectivity index (χ0n) is 10.9. The van der Waals surface area contributed by atoms with Crippen LogP contribution in [0.1, 0.15) is 18.4 Å². The van der Waals surface area contributed by atoms with Crippen LogP contribution < -0.4 is 10.1 Å². The Morgan fingerprint density at radius 1 is 1.20 bits per heavy atom. The van der Waals surface area contributed by atoms with Gasteiger partial charge in [-0.05, 0) is 65.8 Å². The van der Waals surface area contributed by atoms with Crippen molar-refractivity contribution in [2.75, 3.05) is 0 Å². The summed E-state index contributed by atoms with van der Waals surface area (Å²) in [6.45, 7) is 0.754. The summed E-state index contributed by atoms with van der Waals surface area (Å²) in [6, 6.07) is 14.5. The van der Waals surface area contributed by atoms with Gasteiger partial charge in [-0.1, -0.05) is 23.7 Å². The van der Waals surface area contributed by atoms with Gasteiger partial charge in [-0.2, -0.15) is 0 Å². The van der Waals surface area contributed by atoms with Gasteiger partial charge in [0, 0.05) is 26.7 Å². The monoisotopic (exact) mass is 399 g/mol. The van der Waals surface area contributed by atoms with Crippen LogP contribution in [0.3, 0.4) is 0 Å². The topological polar surface area (TPSA) is 21.3 Å². The maximum Gasteiger partial charge on any atom is 0.133 e. The molecule has 3 rings (SSSR count). The van der Waals surface area contributed by atoms with Crippen LogP contribution in [0.2, 0.25) is 5.02 Å². The minimum atomic E-state index is 0.650. The quantitative estimate of drug-likeness (QED) is 0.715. The molecule has 104 valence electrons. The summed E-state index contributed by atoms with van der Waals surface area (Å²) in [7, 11) is 0. The second-order valence-corrected chi connectivity index (χ2v) is 6.58. The predicted molar refractivity (Wildman–Crippen MR) is 90.5 cm³/mol. The lowest BCUT2D eigenvalue weighted by Crippen LogP contribution is -2.16. The fraction of sp³-hybridized carbons (Fsp3) is 0.250. The molecule has 1 fully saturated rings. The molecule has 1 aliphatic carbocycles. The number of ether oxygens (including phenoxy) is 1. The van der Waals surface area contributed by atoms with E-state index in [0.29, 0.717) is 6.04 Å². The molecule has 2 aromatic rings. The highest BCUT2D eigenvalue weighted by molar-refractivity contribution is 14.1. The van der Waals surface area contributed by atoms with Gasteiger partial charge in [0.2, 0.25) is 0 Å². The van der Waals surface area contributed by atoms with Crippen LogP contribution in [0.15, 0.2) is 42.5 Å². The largest absolute Gasteiger partial charge is 0.457 e. The Labute approximate surface area is 137 Å². The Balaban J connectivity index is 1.82. The van der Waals surface area contributed by atoms with Gasteiger partial charge in [0.15, 0.2) is 0 Å². The Morgan fingerprint density at radius 2 is 2.00 bits per heavy atom. The van der Waals surface area contributed by atoms with Crippen molar-refractivity contribution in [1.82, 2.24) is 5.32 Å². The van der Waals surface area contributed by atoms with Gasteiger partial charge in [0.05, 0.1) is 0 Å². The average Bonchev–Trinajstić information content (AvgIpc) is 3.22. The second kappa shape index (κ2) is 6.33. The number of hydrogen-bond acceptors (Lipinski definition) is 2.